The Kier molecular flexibility index (Phi) is 1.94. The highest BCUT2D eigenvalue weighted by Gasteiger charge is 2.59. The molecule has 2 aliphatic rings. The Balaban J connectivity index is 2.46. The molecule has 0 aromatic rings. The topological polar surface area (TPSA) is 69.6 Å². The van der Waals surface area contributed by atoms with Gasteiger partial charge >= 0.3 is 0 Å². The van der Waals surface area contributed by atoms with E-state index in [1.165, 1.54) is 0 Å². The maximum Gasteiger partial charge on any atom is 0.255 e. The predicted molar refractivity (Wildman–Crippen MR) is 50.1 cm³/mol. The number of carbonyl (C=O) groups is 1. The van der Waals surface area contributed by atoms with Crippen LogP contribution in [-0.4, -0.2) is 27.9 Å². The molecule has 2 rings (SSSR count). The summed E-state index contributed by atoms with van der Waals surface area (Å²) in [4.78, 5) is 11.5. The number of nitrogens with one attached hydrogen (secondary N) is 1. The number of allylic oxidation sites excluding steroid dienone is 1. The predicted octanol–water partition coefficient (Wildman–Crippen LogP) is -0.376. The summed E-state index contributed by atoms with van der Waals surface area (Å²) < 4.78 is 0. The van der Waals surface area contributed by atoms with Gasteiger partial charge in [-0.3, -0.25) is 4.79 Å². The number of amides is 1. The van der Waals surface area contributed by atoms with Crippen molar-refractivity contribution >= 4 is 5.91 Å². The molecule has 0 aromatic heterocycles. The van der Waals surface area contributed by atoms with Crippen molar-refractivity contribution in [1.82, 2.24) is 5.32 Å². The zero-order valence-corrected chi connectivity index (χ0v) is 8.27. The fourth-order valence-corrected chi connectivity index (χ4v) is 2.54. The summed E-state index contributed by atoms with van der Waals surface area (Å²) in [5, 5.41) is 22.3. The standard InChI is InChI=1S/C10H15NO3/c1-5-3-4-6(2)10(14)7(5)8(12)11-9(10)13/h3-8,12,14H,1-2H3,(H,11,13)/t5-,6-,7+,8+,10+/m1/s1. The van der Waals surface area contributed by atoms with Crippen LogP contribution >= 0.6 is 0 Å². The average Bonchev–Trinajstić information content (AvgIpc) is 2.34. The Labute approximate surface area is 82.6 Å². The zero-order valence-electron chi connectivity index (χ0n) is 8.27. The molecule has 78 valence electrons. The molecule has 3 N–H and O–H groups in total. The van der Waals surface area contributed by atoms with Crippen molar-refractivity contribution in [2.24, 2.45) is 17.8 Å². The fraction of sp³-hybridized carbons (Fsp3) is 0.700. The molecule has 1 amide bonds. The SMILES string of the molecule is C[C@@H]1C=C[C@@H](C)[C@@]2(O)C(=O)N[C@@H](O)[C@H]12. The summed E-state index contributed by atoms with van der Waals surface area (Å²) in [6.07, 6.45) is 2.83. The first-order valence-electron chi connectivity index (χ1n) is 4.87. The van der Waals surface area contributed by atoms with Crippen LogP contribution in [0, 0.1) is 17.8 Å². The van der Waals surface area contributed by atoms with Gasteiger partial charge in [0.1, 0.15) is 6.23 Å². The van der Waals surface area contributed by atoms with Crippen LogP contribution < -0.4 is 5.32 Å². The molecule has 4 heteroatoms. The van der Waals surface area contributed by atoms with E-state index in [9.17, 15) is 15.0 Å². The van der Waals surface area contributed by atoms with E-state index in [1.54, 1.807) is 6.92 Å². The largest absolute Gasteiger partial charge is 0.379 e. The smallest absolute Gasteiger partial charge is 0.255 e. The lowest BCUT2D eigenvalue weighted by atomic mass is 9.69. The van der Waals surface area contributed by atoms with Crippen molar-refractivity contribution in [3.05, 3.63) is 12.2 Å². The van der Waals surface area contributed by atoms with E-state index in [4.69, 9.17) is 0 Å². The lowest BCUT2D eigenvalue weighted by molar-refractivity contribution is -0.145. The minimum absolute atomic E-state index is 0.00477. The summed E-state index contributed by atoms with van der Waals surface area (Å²) in [5.74, 6) is -1.14. The number of hydrogen-bond acceptors (Lipinski definition) is 3. The molecule has 4 nitrogen and oxygen atoms in total. The van der Waals surface area contributed by atoms with Gasteiger partial charge in [-0.25, -0.2) is 0 Å². The highest BCUT2D eigenvalue weighted by molar-refractivity contribution is 5.89. The van der Waals surface area contributed by atoms with Gasteiger partial charge in [0, 0.05) is 11.8 Å². The van der Waals surface area contributed by atoms with E-state index in [0.29, 0.717) is 0 Å². The first-order valence-corrected chi connectivity index (χ1v) is 4.87. The highest BCUT2D eigenvalue weighted by Crippen LogP contribution is 2.42. The molecule has 0 saturated carbocycles. The van der Waals surface area contributed by atoms with Crippen LogP contribution in [0.3, 0.4) is 0 Å². The summed E-state index contributed by atoms with van der Waals surface area (Å²) in [5.41, 5.74) is -1.44. The van der Waals surface area contributed by atoms with E-state index in [-0.39, 0.29) is 11.8 Å². The first kappa shape index (κ1) is 9.68. The average molecular weight is 197 g/mol. The Morgan fingerprint density at radius 3 is 2.64 bits per heavy atom. The minimum Gasteiger partial charge on any atom is -0.379 e. The number of aliphatic hydroxyl groups excluding tert-OH is 1. The lowest BCUT2D eigenvalue weighted by Gasteiger charge is -2.38. The van der Waals surface area contributed by atoms with Crippen molar-refractivity contribution in [3.63, 3.8) is 0 Å². The van der Waals surface area contributed by atoms with Gasteiger partial charge in [-0.1, -0.05) is 26.0 Å². The molecular formula is C10H15NO3. The third-order valence-electron chi connectivity index (χ3n) is 3.46. The third-order valence-corrected chi connectivity index (χ3v) is 3.46. The van der Waals surface area contributed by atoms with Crippen LogP contribution in [0.2, 0.25) is 0 Å². The Morgan fingerprint density at radius 1 is 1.43 bits per heavy atom. The summed E-state index contributed by atoms with van der Waals surface area (Å²) in [6, 6.07) is 0. The van der Waals surface area contributed by atoms with Crippen molar-refractivity contribution in [1.29, 1.82) is 0 Å². The summed E-state index contributed by atoms with van der Waals surface area (Å²) in [6.45, 7) is 3.68. The molecule has 0 bridgehead atoms. The maximum atomic E-state index is 11.5. The maximum absolute atomic E-state index is 11.5. The molecule has 14 heavy (non-hydrogen) atoms. The second kappa shape index (κ2) is 2.81. The molecule has 1 heterocycles. The third kappa shape index (κ3) is 0.980. The van der Waals surface area contributed by atoms with Crippen molar-refractivity contribution in [3.8, 4) is 0 Å². The zero-order chi connectivity index (χ0) is 10.5. The molecule has 0 spiro atoms. The molecule has 1 fully saturated rings. The molecule has 1 aliphatic carbocycles. The number of hydrogen-bond donors (Lipinski definition) is 3. The van der Waals surface area contributed by atoms with Crippen LogP contribution in [0.1, 0.15) is 13.8 Å². The highest BCUT2D eigenvalue weighted by atomic mass is 16.3. The van der Waals surface area contributed by atoms with Gasteiger partial charge < -0.3 is 15.5 Å². The fourth-order valence-electron chi connectivity index (χ4n) is 2.54. The van der Waals surface area contributed by atoms with Crippen LogP contribution in [-0.2, 0) is 4.79 Å². The summed E-state index contributed by atoms with van der Waals surface area (Å²) >= 11 is 0. The van der Waals surface area contributed by atoms with Crippen molar-refractivity contribution in [2.75, 3.05) is 0 Å². The number of carbonyl (C=O) groups excluding carboxylic acids is 1. The van der Waals surface area contributed by atoms with Crippen molar-refractivity contribution in [2.45, 2.75) is 25.7 Å². The van der Waals surface area contributed by atoms with Crippen LogP contribution in [0.5, 0.6) is 0 Å². The van der Waals surface area contributed by atoms with Crippen molar-refractivity contribution < 1.29 is 15.0 Å². The van der Waals surface area contributed by atoms with Gasteiger partial charge in [0.2, 0.25) is 0 Å². The molecule has 0 unspecified atom stereocenters. The van der Waals surface area contributed by atoms with E-state index in [2.05, 4.69) is 5.32 Å². The monoisotopic (exact) mass is 197 g/mol. The number of fused-ring (bicyclic) bond motifs is 1. The number of rotatable bonds is 0. The minimum atomic E-state index is -1.44. The molecule has 1 aliphatic heterocycles. The molecule has 0 radical (unpaired) electrons. The quantitative estimate of drug-likeness (QED) is 0.464. The second-order valence-corrected chi connectivity index (χ2v) is 4.30. The lowest BCUT2D eigenvalue weighted by Crippen LogP contribution is -2.51. The van der Waals surface area contributed by atoms with Gasteiger partial charge in [0.25, 0.3) is 5.91 Å². The normalized spacial score (nSPS) is 51.6. The van der Waals surface area contributed by atoms with Crippen LogP contribution in [0.15, 0.2) is 12.2 Å². The Bertz CT molecular complexity index is 302. The van der Waals surface area contributed by atoms with Crippen LogP contribution in [0.4, 0.5) is 0 Å². The van der Waals surface area contributed by atoms with Gasteiger partial charge in [-0.2, -0.15) is 0 Å². The second-order valence-electron chi connectivity index (χ2n) is 4.30. The van der Waals surface area contributed by atoms with Gasteiger partial charge in [-0.15, -0.1) is 0 Å². The van der Waals surface area contributed by atoms with E-state index in [1.807, 2.05) is 19.1 Å². The molecular weight excluding hydrogens is 182 g/mol. The molecule has 5 atom stereocenters. The Morgan fingerprint density at radius 2 is 2.07 bits per heavy atom. The van der Waals surface area contributed by atoms with E-state index >= 15 is 0 Å². The number of aliphatic hydroxyl groups is 2. The van der Waals surface area contributed by atoms with Gasteiger partial charge in [0.05, 0.1) is 0 Å². The Hall–Kier alpha value is -0.870. The molecule has 0 aromatic carbocycles. The van der Waals surface area contributed by atoms with E-state index < -0.39 is 23.7 Å². The van der Waals surface area contributed by atoms with Gasteiger partial charge in [-0.05, 0) is 5.92 Å². The van der Waals surface area contributed by atoms with E-state index in [0.717, 1.165) is 0 Å². The first-order chi connectivity index (χ1) is 6.48. The van der Waals surface area contributed by atoms with Crippen LogP contribution in [0.25, 0.3) is 0 Å². The summed E-state index contributed by atoms with van der Waals surface area (Å²) in [7, 11) is 0. The molecule has 1 saturated heterocycles. The van der Waals surface area contributed by atoms with Gasteiger partial charge in [0.15, 0.2) is 5.60 Å².